The van der Waals surface area contributed by atoms with E-state index in [9.17, 15) is 4.79 Å². The predicted octanol–water partition coefficient (Wildman–Crippen LogP) is 3.62. The Morgan fingerprint density at radius 2 is 1.92 bits per heavy atom. The number of quaternary nitrogens is 1. The summed E-state index contributed by atoms with van der Waals surface area (Å²) in [6, 6.07) is 8.95. The van der Waals surface area contributed by atoms with Crippen LogP contribution in [0.3, 0.4) is 0 Å². The van der Waals surface area contributed by atoms with E-state index in [2.05, 4.69) is 5.32 Å². The number of carbonyl (C=O) groups excluding carboxylic acids is 1. The highest BCUT2D eigenvalue weighted by molar-refractivity contribution is 6.40. The Balaban J connectivity index is 2.04. The quantitative estimate of drug-likeness (QED) is 0.775. The molecule has 0 fully saturated rings. The first-order valence-electron chi connectivity index (χ1n) is 7.70. The normalized spacial score (nSPS) is 11.9. The Hall–Kier alpha value is -1.46. The molecule has 0 aliphatic rings. The SMILES string of the molecule is COc1ccc(Cl)cc1C[NH+](C)CC(=O)Nc1c(Cl)ccc(C)c1Cl. The van der Waals surface area contributed by atoms with Gasteiger partial charge in [0.05, 0.1) is 29.9 Å². The van der Waals surface area contributed by atoms with Crippen LogP contribution in [0.5, 0.6) is 5.75 Å². The van der Waals surface area contributed by atoms with Crippen molar-refractivity contribution in [2.45, 2.75) is 13.5 Å². The van der Waals surface area contributed by atoms with E-state index < -0.39 is 0 Å². The largest absolute Gasteiger partial charge is 0.496 e. The molecular formula is C18H20Cl3N2O2+. The number of likely N-dealkylation sites (N-methyl/N-ethyl adjacent to an activating group) is 1. The lowest BCUT2D eigenvalue weighted by molar-refractivity contribution is -0.885. The van der Waals surface area contributed by atoms with E-state index >= 15 is 0 Å². The molecule has 4 nitrogen and oxygen atoms in total. The highest BCUT2D eigenvalue weighted by Crippen LogP contribution is 2.32. The van der Waals surface area contributed by atoms with Gasteiger partial charge in [0, 0.05) is 10.6 Å². The zero-order chi connectivity index (χ0) is 18.6. The zero-order valence-electron chi connectivity index (χ0n) is 14.3. The minimum Gasteiger partial charge on any atom is -0.496 e. The maximum atomic E-state index is 12.3. The third-order valence-electron chi connectivity index (χ3n) is 3.75. The van der Waals surface area contributed by atoms with E-state index in [1.54, 1.807) is 19.2 Å². The first-order chi connectivity index (χ1) is 11.8. The lowest BCUT2D eigenvalue weighted by atomic mass is 10.2. The lowest BCUT2D eigenvalue weighted by Crippen LogP contribution is -3.08. The summed E-state index contributed by atoms with van der Waals surface area (Å²) in [7, 11) is 3.52. The van der Waals surface area contributed by atoms with Crippen LogP contribution >= 0.6 is 34.8 Å². The fraction of sp³-hybridized carbons (Fsp3) is 0.278. The van der Waals surface area contributed by atoms with Crippen LogP contribution in [0.25, 0.3) is 0 Å². The van der Waals surface area contributed by atoms with Gasteiger partial charge in [-0.05, 0) is 36.8 Å². The van der Waals surface area contributed by atoms with Gasteiger partial charge in [0.25, 0.3) is 5.91 Å². The molecule has 0 bridgehead atoms. The second-order valence-corrected chi connectivity index (χ2v) is 7.09. The smallest absolute Gasteiger partial charge is 0.279 e. The summed E-state index contributed by atoms with van der Waals surface area (Å²) in [5.74, 6) is 0.571. The molecule has 0 aliphatic carbocycles. The van der Waals surface area contributed by atoms with Crippen LogP contribution in [0.1, 0.15) is 11.1 Å². The van der Waals surface area contributed by atoms with Crippen molar-refractivity contribution in [3.63, 3.8) is 0 Å². The van der Waals surface area contributed by atoms with E-state index in [0.29, 0.717) is 27.3 Å². The van der Waals surface area contributed by atoms with Gasteiger partial charge in [-0.3, -0.25) is 4.79 Å². The molecule has 0 saturated heterocycles. The van der Waals surface area contributed by atoms with E-state index in [0.717, 1.165) is 21.8 Å². The minimum atomic E-state index is -0.173. The first-order valence-corrected chi connectivity index (χ1v) is 8.83. The summed E-state index contributed by atoms with van der Waals surface area (Å²) in [5.41, 5.74) is 2.24. The van der Waals surface area contributed by atoms with Gasteiger partial charge < -0.3 is 15.0 Å². The van der Waals surface area contributed by atoms with Crippen LogP contribution in [0, 0.1) is 6.92 Å². The van der Waals surface area contributed by atoms with E-state index in [4.69, 9.17) is 39.5 Å². The number of ether oxygens (including phenoxy) is 1. The number of nitrogens with one attached hydrogen (secondary N) is 2. The Kier molecular flexibility index (Phi) is 6.96. The Morgan fingerprint density at radius 1 is 1.20 bits per heavy atom. The number of hydrogen-bond donors (Lipinski definition) is 2. The average Bonchev–Trinajstić information content (AvgIpc) is 2.55. The van der Waals surface area contributed by atoms with Gasteiger partial charge in [0.1, 0.15) is 12.3 Å². The Morgan fingerprint density at radius 3 is 2.60 bits per heavy atom. The molecule has 1 unspecified atom stereocenters. The molecule has 0 heterocycles. The van der Waals surface area contributed by atoms with Crippen molar-refractivity contribution >= 4 is 46.4 Å². The molecule has 1 atom stereocenters. The average molecular weight is 403 g/mol. The zero-order valence-corrected chi connectivity index (χ0v) is 16.5. The third-order valence-corrected chi connectivity index (χ3v) is 4.78. The van der Waals surface area contributed by atoms with Crippen molar-refractivity contribution in [3.05, 3.63) is 56.5 Å². The number of rotatable bonds is 6. The van der Waals surface area contributed by atoms with Crippen molar-refractivity contribution in [2.75, 3.05) is 26.0 Å². The van der Waals surface area contributed by atoms with E-state index in [1.807, 2.05) is 32.2 Å². The number of amides is 1. The van der Waals surface area contributed by atoms with Crippen molar-refractivity contribution < 1.29 is 14.4 Å². The maximum Gasteiger partial charge on any atom is 0.279 e. The van der Waals surface area contributed by atoms with Crippen LogP contribution in [0.15, 0.2) is 30.3 Å². The summed E-state index contributed by atoms with van der Waals surface area (Å²) in [5, 5.41) is 4.29. The van der Waals surface area contributed by atoms with Gasteiger partial charge in [-0.1, -0.05) is 40.9 Å². The fourth-order valence-corrected chi connectivity index (χ4v) is 3.16. The molecule has 0 spiro atoms. The minimum absolute atomic E-state index is 0.173. The number of benzene rings is 2. The second-order valence-electron chi connectivity index (χ2n) is 5.87. The molecule has 0 radical (unpaired) electrons. The second kappa shape index (κ2) is 8.77. The lowest BCUT2D eigenvalue weighted by Gasteiger charge is -2.17. The molecule has 1 amide bonds. The van der Waals surface area contributed by atoms with Crippen LogP contribution in [-0.2, 0) is 11.3 Å². The Bertz CT molecular complexity index is 781. The topological polar surface area (TPSA) is 42.8 Å². The first kappa shape index (κ1) is 19.9. The molecule has 134 valence electrons. The molecule has 25 heavy (non-hydrogen) atoms. The summed E-state index contributed by atoms with van der Waals surface area (Å²) < 4.78 is 5.34. The molecular weight excluding hydrogens is 383 g/mol. The summed E-state index contributed by atoms with van der Waals surface area (Å²) in [4.78, 5) is 13.3. The van der Waals surface area contributed by atoms with Crippen molar-refractivity contribution in [3.8, 4) is 5.75 Å². The van der Waals surface area contributed by atoms with Crippen LogP contribution in [0.4, 0.5) is 5.69 Å². The molecule has 0 aromatic heterocycles. The van der Waals surface area contributed by atoms with Gasteiger partial charge in [-0.15, -0.1) is 0 Å². The number of methoxy groups -OCH3 is 1. The number of halogens is 3. The van der Waals surface area contributed by atoms with Crippen LogP contribution in [-0.4, -0.2) is 26.6 Å². The number of carbonyl (C=O) groups is 1. The van der Waals surface area contributed by atoms with Gasteiger partial charge in [-0.2, -0.15) is 0 Å². The summed E-state index contributed by atoms with van der Waals surface area (Å²) >= 11 is 18.4. The molecule has 2 aromatic carbocycles. The summed E-state index contributed by atoms with van der Waals surface area (Å²) in [6.45, 7) is 2.69. The number of aryl methyl sites for hydroxylation is 1. The third kappa shape index (κ3) is 5.25. The van der Waals surface area contributed by atoms with Gasteiger partial charge >= 0.3 is 0 Å². The van der Waals surface area contributed by atoms with E-state index in [1.165, 1.54) is 0 Å². The standard InChI is InChI=1S/C18H19Cl3N2O2/c1-11-4-6-14(20)18(17(11)21)22-16(24)10-23(2)9-12-8-13(19)5-7-15(12)25-3/h4-8H,9-10H2,1-3H3,(H,22,24)/p+1. The van der Waals surface area contributed by atoms with Crippen molar-refractivity contribution in [1.82, 2.24) is 0 Å². The van der Waals surface area contributed by atoms with Crippen LogP contribution < -0.4 is 15.0 Å². The molecule has 0 saturated carbocycles. The van der Waals surface area contributed by atoms with Crippen LogP contribution in [0.2, 0.25) is 15.1 Å². The number of hydrogen-bond acceptors (Lipinski definition) is 2. The highest BCUT2D eigenvalue weighted by Gasteiger charge is 2.17. The molecule has 2 rings (SSSR count). The Labute approximate surface area is 162 Å². The molecule has 2 N–H and O–H groups in total. The molecule has 7 heteroatoms. The highest BCUT2D eigenvalue weighted by atomic mass is 35.5. The number of anilines is 1. The van der Waals surface area contributed by atoms with Gasteiger partial charge in [0.15, 0.2) is 6.54 Å². The summed E-state index contributed by atoms with van der Waals surface area (Å²) in [6.07, 6.45) is 0. The molecule has 2 aromatic rings. The van der Waals surface area contributed by atoms with E-state index in [-0.39, 0.29) is 12.5 Å². The molecule has 0 aliphatic heterocycles. The fourth-order valence-electron chi connectivity index (χ4n) is 2.50. The van der Waals surface area contributed by atoms with Gasteiger partial charge in [0.2, 0.25) is 0 Å². The monoisotopic (exact) mass is 401 g/mol. The van der Waals surface area contributed by atoms with Crippen molar-refractivity contribution in [2.24, 2.45) is 0 Å². The van der Waals surface area contributed by atoms with Crippen molar-refractivity contribution in [1.29, 1.82) is 0 Å². The maximum absolute atomic E-state index is 12.3. The van der Waals surface area contributed by atoms with Gasteiger partial charge in [-0.25, -0.2) is 0 Å². The predicted molar refractivity (Wildman–Crippen MR) is 103 cm³/mol.